The molecule has 3 heteroatoms. The third-order valence-electron chi connectivity index (χ3n) is 7.51. The smallest absolute Gasteiger partial charge is 0.0955 e. The highest BCUT2D eigenvalue weighted by Crippen LogP contribution is 2.36. The van der Waals surface area contributed by atoms with Crippen molar-refractivity contribution in [1.82, 2.24) is 0 Å². The topological polar surface area (TPSA) is 0 Å². The van der Waals surface area contributed by atoms with Gasteiger partial charge in [-0.05, 0) is 36.5 Å². The zero-order valence-electron chi connectivity index (χ0n) is 26.0. The van der Waals surface area contributed by atoms with Gasteiger partial charge in [0.15, 0.2) is 0 Å². The van der Waals surface area contributed by atoms with Gasteiger partial charge in [0.05, 0.1) is 3.91 Å². The molecule has 0 radical (unpaired) electrons. The van der Waals surface area contributed by atoms with Crippen molar-refractivity contribution in [1.29, 1.82) is 0 Å². The summed E-state index contributed by atoms with van der Waals surface area (Å²) in [5.74, 6) is 4.15. The lowest BCUT2D eigenvalue weighted by atomic mass is 10.1. The van der Waals surface area contributed by atoms with E-state index >= 15 is 0 Å². The first-order chi connectivity index (χ1) is 18.3. The van der Waals surface area contributed by atoms with Gasteiger partial charge in [0.1, 0.15) is 0 Å². The summed E-state index contributed by atoms with van der Waals surface area (Å²) in [6.45, 7) is 6.94. The molecule has 0 nitrogen and oxygen atoms in total. The molecule has 0 aliphatic rings. The monoisotopic (exact) mass is 574 g/mol. The Labute approximate surface area is 249 Å². The van der Waals surface area contributed by atoms with Gasteiger partial charge in [0, 0.05) is 0 Å². The molecule has 0 N–H and O–H groups in total. The van der Waals surface area contributed by atoms with E-state index in [0.29, 0.717) is 0 Å². The lowest BCUT2D eigenvalue weighted by Gasteiger charge is -2.16. The van der Waals surface area contributed by atoms with Crippen molar-refractivity contribution in [3.8, 4) is 0 Å². The molecule has 0 spiro atoms. The highest BCUT2D eigenvalue weighted by Gasteiger charge is 2.10. The summed E-state index contributed by atoms with van der Waals surface area (Å²) in [7, 11) is 0. The minimum absolute atomic E-state index is 0.789. The van der Waals surface area contributed by atoms with Crippen molar-refractivity contribution in [2.45, 2.75) is 198 Å². The van der Waals surface area contributed by atoms with Gasteiger partial charge < -0.3 is 0 Å². The fourth-order valence-corrected chi connectivity index (χ4v) is 9.50. The van der Waals surface area contributed by atoms with Crippen LogP contribution in [0.15, 0.2) is 0 Å². The Bertz CT molecular complexity index is 330. The third-order valence-corrected chi connectivity index (χ3v) is 12.3. The molecule has 0 aromatic heterocycles. The second-order valence-corrected chi connectivity index (χ2v) is 15.9. The molecule has 0 bridgehead atoms. The Morgan fingerprint density at radius 1 is 0.270 bits per heavy atom. The first-order valence-corrected chi connectivity index (χ1v) is 20.3. The summed E-state index contributed by atoms with van der Waals surface area (Å²) >= 11 is 6.84. The molecule has 0 rings (SSSR count). The molecule has 0 aliphatic heterocycles. The van der Waals surface area contributed by atoms with Gasteiger partial charge in [0.2, 0.25) is 0 Å². The van der Waals surface area contributed by atoms with Crippen LogP contribution in [0, 0.1) is 0 Å². The highest BCUT2D eigenvalue weighted by molar-refractivity contribution is 8.32. The Kier molecular flexibility index (Phi) is 36.1. The largest absolute Gasteiger partial charge is 0.137 e. The summed E-state index contributed by atoms with van der Waals surface area (Å²) < 4.78 is 0.789. The van der Waals surface area contributed by atoms with E-state index in [4.69, 9.17) is 0 Å². The standard InChI is InChI=1S/C34H70S3/c1-4-7-10-13-16-19-22-25-28-31-35-34(36-32-29-26-23-20-17-14-11-8-5-2)37-33-30-27-24-21-18-15-12-9-6-3/h34H,4-33H2,1-3H3. The molecule has 224 valence electrons. The van der Waals surface area contributed by atoms with Crippen LogP contribution < -0.4 is 0 Å². The molecular weight excluding hydrogens is 505 g/mol. The van der Waals surface area contributed by atoms with Crippen molar-refractivity contribution in [2.24, 2.45) is 0 Å². The summed E-state index contributed by atoms with van der Waals surface area (Å²) in [4.78, 5) is 0. The van der Waals surface area contributed by atoms with Gasteiger partial charge in [0.25, 0.3) is 0 Å². The van der Waals surface area contributed by atoms with E-state index in [1.54, 1.807) is 0 Å². The SMILES string of the molecule is CCCCCCCCCCCSC(SCCCCCCCCCCC)SCCCCCCCCCCC. The second-order valence-electron chi connectivity index (χ2n) is 11.4. The van der Waals surface area contributed by atoms with Gasteiger partial charge in [-0.25, -0.2) is 0 Å². The average Bonchev–Trinajstić information content (AvgIpc) is 2.91. The first kappa shape index (κ1) is 38.0. The molecule has 0 aliphatic carbocycles. The number of thioether (sulfide) groups is 3. The number of unbranched alkanes of at least 4 members (excludes halogenated alkanes) is 24. The normalized spacial score (nSPS) is 11.7. The maximum absolute atomic E-state index is 2.31. The Hall–Kier alpha value is 1.05. The molecule has 37 heavy (non-hydrogen) atoms. The average molecular weight is 575 g/mol. The van der Waals surface area contributed by atoms with Gasteiger partial charge in [-0.2, -0.15) is 0 Å². The molecule has 0 aromatic rings. The molecule has 0 heterocycles. The van der Waals surface area contributed by atoms with Crippen molar-refractivity contribution in [3.05, 3.63) is 0 Å². The zero-order valence-corrected chi connectivity index (χ0v) is 28.5. The van der Waals surface area contributed by atoms with Crippen LogP contribution in [0.4, 0.5) is 0 Å². The van der Waals surface area contributed by atoms with Crippen LogP contribution in [0.3, 0.4) is 0 Å². The molecule has 0 saturated heterocycles. The van der Waals surface area contributed by atoms with Crippen LogP contribution in [-0.2, 0) is 0 Å². The predicted molar refractivity (Wildman–Crippen MR) is 183 cm³/mol. The summed E-state index contributed by atoms with van der Waals surface area (Å²) in [6.07, 6.45) is 39.1. The molecule has 0 amide bonds. The maximum atomic E-state index is 2.31. The van der Waals surface area contributed by atoms with Crippen LogP contribution in [0.2, 0.25) is 0 Å². The Morgan fingerprint density at radius 3 is 0.676 bits per heavy atom. The molecule has 0 unspecified atom stereocenters. The van der Waals surface area contributed by atoms with E-state index in [0.717, 1.165) is 3.91 Å². The minimum Gasteiger partial charge on any atom is -0.137 e. The highest BCUT2D eigenvalue weighted by atomic mass is 32.3. The van der Waals surface area contributed by atoms with E-state index in [1.165, 1.54) is 191 Å². The fraction of sp³-hybridized carbons (Fsp3) is 1.00. The van der Waals surface area contributed by atoms with Crippen LogP contribution in [-0.4, -0.2) is 21.2 Å². The number of hydrogen-bond donors (Lipinski definition) is 0. The van der Waals surface area contributed by atoms with E-state index in [2.05, 4.69) is 56.1 Å². The first-order valence-electron chi connectivity index (χ1n) is 17.2. The summed E-state index contributed by atoms with van der Waals surface area (Å²) in [6, 6.07) is 0. The van der Waals surface area contributed by atoms with Crippen molar-refractivity contribution < 1.29 is 0 Å². The lowest BCUT2D eigenvalue weighted by Crippen LogP contribution is -1.98. The zero-order chi connectivity index (χ0) is 26.9. The molecular formula is C34H70S3. The number of hydrogen-bond acceptors (Lipinski definition) is 3. The summed E-state index contributed by atoms with van der Waals surface area (Å²) in [5.41, 5.74) is 0. The van der Waals surface area contributed by atoms with Crippen molar-refractivity contribution in [2.75, 3.05) is 17.3 Å². The van der Waals surface area contributed by atoms with Crippen LogP contribution in [0.5, 0.6) is 0 Å². The Balaban J connectivity index is 3.87. The number of rotatable bonds is 33. The summed E-state index contributed by atoms with van der Waals surface area (Å²) in [5, 5.41) is 0. The van der Waals surface area contributed by atoms with Gasteiger partial charge in [-0.1, -0.05) is 175 Å². The van der Waals surface area contributed by atoms with Gasteiger partial charge >= 0.3 is 0 Å². The maximum Gasteiger partial charge on any atom is 0.0955 e. The molecule has 0 fully saturated rings. The van der Waals surface area contributed by atoms with E-state index in [1.807, 2.05) is 0 Å². The van der Waals surface area contributed by atoms with E-state index < -0.39 is 0 Å². The van der Waals surface area contributed by atoms with Crippen molar-refractivity contribution >= 4 is 35.3 Å². The second kappa shape index (κ2) is 35.1. The van der Waals surface area contributed by atoms with Crippen molar-refractivity contribution in [3.63, 3.8) is 0 Å². The predicted octanol–water partition coefficient (Wildman–Crippen LogP) is 14.1. The minimum atomic E-state index is 0.789. The van der Waals surface area contributed by atoms with E-state index in [-0.39, 0.29) is 0 Å². The van der Waals surface area contributed by atoms with Crippen LogP contribution in [0.1, 0.15) is 194 Å². The van der Waals surface area contributed by atoms with Crippen LogP contribution in [0.25, 0.3) is 0 Å². The lowest BCUT2D eigenvalue weighted by molar-refractivity contribution is 0.573. The third kappa shape index (κ3) is 33.2. The fourth-order valence-electron chi connectivity index (χ4n) is 4.92. The molecule has 0 atom stereocenters. The van der Waals surface area contributed by atoms with E-state index in [9.17, 15) is 0 Å². The van der Waals surface area contributed by atoms with Crippen LogP contribution >= 0.6 is 35.3 Å². The van der Waals surface area contributed by atoms with Gasteiger partial charge in [-0.15, -0.1) is 35.3 Å². The molecule has 0 aromatic carbocycles. The Morgan fingerprint density at radius 2 is 0.459 bits per heavy atom. The van der Waals surface area contributed by atoms with Gasteiger partial charge in [-0.3, -0.25) is 0 Å². The quantitative estimate of drug-likeness (QED) is 0.0565. The molecule has 0 saturated carbocycles.